The SMILES string of the molecule is CCOC(=O)C1(C[C@H]2CCCCO2)CCN(C(=O)COc2ccc(Cl)cc2)CC1. The highest BCUT2D eigenvalue weighted by molar-refractivity contribution is 6.30. The van der Waals surface area contributed by atoms with Gasteiger partial charge in [0, 0.05) is 24.7 Å². The summed E-state index contributed by atoms with van der Waals surface area (Å²) in [6.45, 7) is 3.97. The zero-order valence-corrected chi connectivity index (χ0v) is 17.8. The topological polar surface area (TPSA) is 65.1 Å². The third-order valence-electron chi connectivity index (χ3n) is 5.85. The monoisotopic (exact) mass is 423 g/mol. The van der Waals surface area contributed by atoms with Crippen LogP contribution < -0.4 is 4.74 Å². The molecule has 3 rings (SSSR count). The van der Waals surface area contributed by atoms with Gasteiger partial charge in [-0.2, -0.15) is 0 Å². The maximum Gasteiger partial charge on any atom is 0.312 e. The molecule has 0 unspecified atom stereocenters. The Balaban J connectivity index is 1.55. The maximum atomic E-state index is 12.8. The summed E-state index contributed by atoms with van der Waals surface area (Å²) in [6, 6.07) is 6.93. The van der Waals surface area contributed by atoms with Crippen LogP contribution >= 0.6 is 11.6 Å². The third kappa shape index (κ3) is 5.86. The number of nitrogens with zero attached hydrogens (tertiary/aromatic N) is 1. The number of halogens is 1. The van der Waals surface area contributed by atoms with E-state index in [0.717, 1.165) is 25.9 Å². The number of rotatable bonds is 7. The van der Waals surface area contributed by atoms with Gasteiger partial charge >= 0.3 is 5.97 Å². The Morgan fingerprint density at radius 3 is 2.55 bits per heavy atom. The Kier molecular flexibility index (Phi) is 7.78. The molecule has 0 aromatic heterocycles. The van der Waals surface area contributed by atoms with E-state index in [2.05, 4.69) is 0 Å². The highest BCUT2D eigenvalue weighted by Gasteiger charge is 2.45. The number of hydrogen-bond donors (Lipinski definition) is 0. The molecule has 0 bridgehead atoms. The number of esters is 1. The highest BCUT2D eigenvalue weighted by atomic mass is 35.5. The summed E-state index contributed by atoms with van der Waals surface area (Å²) >= 11 is 5.86. The van der Waals surface area contributed by atoms with Gasteiger partial charge in [0.2, 0.25) is 0 Å². The molecule has 2 aliphatic heterocycles. The first-order chi connectivity index (χ1) is 14.0. The normalized spacial score (nSPS) is 21.4. The molecule has 7 heteroatoms. The molecule has 0 spiro atoms. The zero-order valence-electron chi connectivity index (χ0n) is 17.0. The molecule has 6 nitrogen and oxygen atoms in total. The Bertz CT molecular complexity index is 679. The molecule has 1 aromatic carbocycles. The molecule has 2 heterocycles. The van der Waals surface area contributed by atoms with E-state index in [1.165, 1.54) is 0 Å². The minimum absolute atomic E-state index is 0.0280. The molecule has 0 N–H and O–H groups in total. The molecule has 160 valence electrons. The molecule has 2 aliphatic rings. The van der Waals surface area contributed by atoms with E-state index in [4.69, 9.17) is 25.8 Å². The largest absolute Gasteiger partial charge is 0.484 e. The average molecular weight is 424 g/mol. The fourth-order valence-corrected chi connectivity index (χ4v) is 4.26. The quantitative estimate of drug-likeness (QED) is 0.623. The lowest BCUT2D eigenvalue weighted by atomic mass is 9.73. The highest BCUT2D eigenvalue weighted by Crippen LogP contribution is 2.40. The van der Waals surface area contributed by atoms with Crippen LogP contribution in [-0.4, -0.2) is 55.8 Å². The van der Waals surface area contributed by atoms with Crippen LogP contribution in [0.3, 0.4) is 0 Å². The minimum atomic E-state index is -0.564. The van der Waals surface area contributed by atoms with Crippen LogP contribution in [0, 0.1) is 5.41 Å². The first-order valence-electron chi connectivity index (χ1n) is 10.5. The standard InChI is InChI=1S/C22H30ClNO5/c1-2-27-21(26)22(15-19-5-3-4-14-28-19)10-12-24(13-11-22)20(25)16-29-18-8-6-17(23)7-9-18/h6-9,19H,2-5,10-16H2,1H3/t19-/m1/s1. The number of carbonyl (C=O) groups is 2. The maximum absolute atomic E-state index is 12.8. The van der Waals surface area contributed by atoms with Crippen molar-refractivity contribution in [2.24, 2.45) is 5.41 Å². The number of hydrogen-bond acceptors (Lipinski definition) is 5. The van der Waals surface area contributed by atoms with Crippen LogP contribution in [0.5, 0.6) is 5.75 Å². The third-order valence-corrected chi connectivity index (χ3v) is 6.10. The van der Waals surface area contributed by atoms with Gasteiger partial charge in [0.15, 0.2) is 6.61 Å². The van der Waals surface area contributed by atoms with Crippen molar-refractivity contribution in [3.8, 4) is 5.75 Å². The van der Waals surface area contributed by atoms with Crippen LogP contribution in [0.25, 0.3) is 0 Å². The van der Waals surface area contributed by atoms with Crippen molar-refractivity contribution in [3.05, 3.63) is 29.3 Å². The molecule has 2 fully saturated rings. The average Bonchev–Trinajstić information content (AvgIpc) is 2.74. The lowest BCUT2D eigenvalue weighted by molar-refractivity contribution is -0.164. The van der Waals surface area contributed by atoms with Crippen molar-refractivity contribution in [2.45, 2.75) is 51.6 Å². The van der Waals surface area contributed by atoms with Gasteiger partial charge in [-0.1, -0.05) is 11.6 Å². The fourth-order valence-electron chi connectivity index (χ4n) is 4.13. The van der Waals surface area contributed by atoms with E-state index < -0.39 is 5.41 Å². The van der Waals surface area contributed by atoms with Crippen molar-refractivity contribution in [2.75, 3.05) is 32.9 Å². The molecule has 0 saturated carbocycles. The molecule has 2 saturated heterocycles. The molecule has 0 aliphatic carbocycles. The van der Waals surface area contributed by atoms with E-state index in [1.54, 1.807) is 29.2 Å². The van der Waals surface area contributed by atoms with Crippen molar-refractivity contribution >= 4 is 23.5 Å². The summed E-state index contributed by atoms with van der Waals surface area (Å²) in [5, 5.41) is 0.622. The first-order valence-corrected chi connectivity index (χ1v) is 10.9. The molecular weight excluding hydrogens is 394 g/mol. The predicted octanol–water partition coefficient (Wildman–Crippen LogP) is 3.85. The summed E-state index contributed by atoms with van der Waals surface area (Å²) in [5.41, 5.74) is -0.564. The predicted molar refractivity (Wildman–Crippen MR) is 110 cm³/mol. The van der Waals surface area contributed by atoms with Crippen LogP contribution in [0.15, 0.2) is 24.3 Å². The number of benzene rings is 1. The van der Waals surface area contributed by atoms with Gasteiger partial charge in [0.05, 0.1) is 18.1 Å². The number of likely N-dealkylation sites (tertiary alicyclic amines) is 1. The van der Waals surface area contributed by atoms with Crippen LogP contribution in [0.1, 0.15) is 45.4 Å². The van der Waals surface area contributed by atoms with Gasteiger partial charge in [0.25, 0.3) is 5.91 Å². The van der Waals surface area contributed by atoms with Gasteiger partial charge in [-0.3, -0.25) is 9.59 Å². The summed E-state index contributed by atoms with van der Waals surface area (Å²) in [4.78, 5) is 27.1. The second-order valence-electron chi connectivity index (χ2n) is 7.82. The smallest absolute Gasteiger partial charge is 0.312 e. The van der Waals surface area contributed by atoms with Gasteiger partial charge in [-0.05, 0) is 69.7 Å². The molecular formula is C22H30ClNO5. The lowest BCUT2D eigenvalue weighted by Crippen LogP contribution is -2.49. The molecule has 1 aromatic rings. The van der Waals surface area contributed by atoms with Crippen molar-refractivity contribution in [3.63, 3.8) is 0 Å². The summed E-state index contributed by atoms with van der Waals surface area (Å²) in [7, 11) is 0. The van der Waals surface area contributed by atoms with E-state index in [9.17, 15) is 9.59 Å². The Labute approximate surface area is 177 Å². The van der Waals surface area contributed by atoms with Crippen molar-refractivity contribution in [1.82, 2.24) is 4.90 Å². The molecule has 29 heavy (non-hydrogen) atoms. The summed E-state index contributed by atoms with van der Waals surface area (Å²) < 4.78 is 16.9. The first kappa shape index (κ1) is 21.9. The molecule has 1 amide bonds. The summed E-state index contributed by atoms with van der Waals surface area (Å²) in [6.07, 6.45) is 5.17. The molecule has 0 radical (unpaired) electrons. The van der Waals surface area contributed by atoms with Gasteiger partial charge in [0.1, 0.15) is 5.75 Å². The van der Waals surface area contributed by atoms with Crippen LogP contribution in [-0.2, 0) is 19.1 Å². The second-order valence-corrected chi connectivity index (χ2v) is 8.25. The number of amides is 1. The van der Waals surface area contributed by atoms with E-state index in [1.807, 2.05) is 6.92 Å². The van der Waals surface area contributed by atoms with Crippen LogP contribution in [0.4, 0.5) is 0 Å². The Hall–Kier alpha value is -1.79. The van der Waals surface area contributed by atoms with Crippen LogP contribution in [0.2, 0.25) is 5.02 Å². The Morgan fingerprint density at radius 2 is 1.93 bits per heavy atom. The van der Waals surface area contributed by atoms with Crippen molar-refractivity contribution in [1.29, 1.82) is 0 Å². The fraction of sp³-hybridized carbons (Fsp3) is 0.636. The number of carbonyl (C=O) groups excluding carboxylic acids is 2. The summed E-state index contributed by atoms with van der Waals surface area (Å²) in [5.74, 6) is 0.375. The van der Waals surface area contributed by atoms with Gasteiger partial charge in [-0.25, -0.2) is 0 Å². The lowest BCUT2D eigenvalue weighted by Gasteiger charge is -2.42. The Morgan fingerprint density at radius 1 is 1.21 bits per heavy atom. The van der Waals surface area contributed by atoms with Gasteiger partial charge < -0.3 is 19.1 Å². The van der Waals surface area contributed by atoms with Crippen molar-refractivity contribution < 1.29 is 23.8 Å². The van der Waals surface area contributed by atoms with E-state index >= 15 is 0 Å². The van der Waals surface area contributed by atoms with Gasteiger partial charge in [-0.15, -0.1) is 0 Å². The number of ether oxygens (including phenoxy) is 3. The second kappa shape index (κ2) is 10.3. The number of piperidine rings is 1. The van der Waals surface area contributed by atoms with E-state index in [-0.39, 0.29) is 24.6 Å². The zero-order chi connectivity index (χ0) is 20.7. The minimum Gasteiger partial charge on any atom is -0.484 e. The van der Waals surface area contributed by atoms with E-state index in [0.29, 0.717) is 49.7 Å². The molecule has 1 atom stereocenters.